The van der Waals surface area contributed by atoms with Gasteiger partial charge in [0.1, 0.15) is 22.8 Å². The molecule has 4 saturated carbocycles. The van der Waals surface area contributed by atoms with Crippen molar-refractivity contribution < 1.29 is 22.9 Å². The van der Waals surface area contributed by atoms with E-state index in [0.29, 0.717) is 34.1 Å². The molecule has 4 aromatic rings. The molecule has 2 saturated heterocycles. The summed E-state index contributed by atoms with van der Waals surface area (Å²) in [6, 6.07) is 12.5. The highest BCUT2D eigenvalue weighted by Crippen LogP contribution is 3.03. The van der Waals surface area contributed by atoms with Crippen LogP contribution in [-0.4, -0.2) is 103 Å². The molecule has 11 rings (SSSR count). The van der Waals surface area contributed by atoms with Gasteiger partial charge in [0.2, 0.25) is 0 Å². The van der Waals surface area contributed by atoms with Crippen molar-refractivity contribution in [2.24, 2.45) is 22.7 Å². The number of pyridine rings is 1. The number of nitrogens with one attached hydrogen (secondary N) is 3. The third-order valence-corrected chi connectivity index (χ3v) is 16.2. The number of amides is 1. The number of halogens is 1. The van der Waals surface area contributed by atoms with Crippen LogP contribution in [0.2, 0.25) is 0 Å². The second-order valence-electron chi connectivity index (χ2n) is 18.7. The Morgan fingerprint density at radius 1 is 1.05 bits per heavy atom. The summed E-state index contributed by atoms with van der Waals surface area (Å²) >= 11 is 6.78. The maximum absolute atomic E-state index is 13.9. The molecule has 3 N–H and O–H groups in total. The molecule has 2 aromatic carbocycles. The fourth-order valence-electron chi connectivity index (χ4n) is 10.8. The summed E-state index contributed by atoms with van der Waals surface area (Å²) in [7, 11) is -2.51. The number of nitrogens with zero attached hydrogens (tertiary/aromatic N) is 5. The first-order valence-electron chi connectivity index (χ1n) is 21.1. The molecule has 0 spiro atoms. The Morgan fingerprint density at radius 2 is 1.82 bits per heavy atom. The van der Waals surface area contributed by atoms with Gasteiger partial charge in [-0.05, 0) is 112 Å². The van der Waals surface area contributed by atoms with E-state index in [4.69, 9.17) is 16.3 Å². The lowest BCUT2D eigenvalue weighted by atomic mass is 9.57. The van der Waals surface area contributed by atoms with E-state index in [2.05, 4.69) is 48.6 Å². The number of hydrogen-bond donors (Lipinski definition) is 3. The second kappa shape index (κ2) is 14.2. The zero-order chi connectivity index (χ0) is 41.8. The Balaban J connectivity index is 0.866. The maximum atomic E-state index is 13.9. The summed E-state index contributed by atoms with van der Waals surface area (Å²) < 4.78 is 35.9. The number of carbonyl (C=O) groups excluding carboxylic acids is 1. The number of hydrogen-bond acceptors (Lipinski definition) is 11. The molecule has 7 aliphatic rings. The molecule has 0 radical (unpaired) electrons. The molecule has 316 valence electrons. The number of fused-ring (bicyclic) bond motifs is 1. The van der Waals surface area contributed by atoms with Crippen molar-refractivity contribution in [3.05, 3.63) is 87.7 Å². The predicted octanol–water partition coefficient (Wildman–Crippen LogP) is 7.14. The zero-order valence-electron chi connectivity index (χ0n) is 34.2. The number of H-pyrrole nitrogens is 1. The summed E-state index contributed by atoms with van der Waals surface area (Å²) in [5.41, 5.74) is 5.45. The molecule has 2 unspecified atom stereocenters. The number of benzene rings is 2. The summed E-state index contributed by atoms with van der Waals surface area (Å²) in [5, 5.41) is 16.2. The van der Waals surface area contributed by atoms with Gasteiger partial charge in [-0.1, -0.05) is 25.0 Å². The lowest BCUT2D eigenvalue weighted by Gasteiger charge is -2.51. The van der Waals surface area contributed by atoms with Gasteiger partial charge in [0, 0.05) is 73.6 Å². The van der Waals surface area contributed by atoms with Crippen LogP contribution in [0.5, 0.6) is 11.5 Å². The number of rotatable bonds is 12. The van der Waals surface area contributed by atoms with Crippen molar-refractivity contribution in [1.29, 1.82) is 0 Å². The minimum absolute atomic E-state index is 0.0145. The molecule has 2 aliphatic heterocycles. The molecule has 14 nitrogen and oxygen atoms in total. The van der Waals surface area contributed by atoms with Crippen LogP contribution < -0.4 is 19.7 Å². The summed E-state index contributed by atoms with van der Waals surface area (Å²) in [4.78, 5) is 39.7. The Morgan fingerprint density at radius 3 is 2.53 bits per heavy atom. The van der Waals surface area contributed by atoms with Crippen LogP contribution in [0.15, 0.2) is 77.0 Å². The van der Waals surface area contributed by atoms with E-state index in [-0.39, 0.29) is 33.6 Å². The number of alkyl halides is 1. The quantitative estimate of drug-likeness (QED) is 0.0574. The van der Waals surface area contributed by atoms with Crippen molar-refractivity contribution in [1.82, 2.24) is 24.5 Å². The molecule has 4 heterocycles. The molecule has 60 heavy (non-hydrogen) atoms. The van der Waals surface area contributed by atoms with E-state index in [1.807, 2.05) is 19.2 Å². The number of carbonyl (C=O) groups is 1. The maximum Gasteiger partial charge on any atom is 0.293 e. The van der Waals surface area contributed by atoms with Crippen molar-refractivity contribution >= 4 is 55.6 Å². The number of ether oxygens (including phenoxy) is 1. The number of piperazine rings is 1. The van der Waals surface area contributed by atoms with Gasteiger partial charge < -0.3 is 24.8 Å². The third kappa shape index (κ3) is 6.81. The number of likely N-dealkylation sites (tertiary alicyclic amines) is 1. The second-order valence-corrected chi connectivity index (χ2v) is 21.1. The van der Waals surface area contributed by atoms with Gasteiger partial charge in [-0.25, -0.2) is 18.1 Å². The largest absolute Gasteiger partial charge is 0.455 e. The first-order valence-corrected chi connectivity index (χ1v) is 22.9. The predicted molar refractivity (Wildman–Crippen MR) is 230 cm³/mol. The van der Waals surface area contributed by atoms with Crippen LogP contribution in [0, 0.1) is 32.8 Å². The van der Waals surface area contributed by atoms with Crippen molar-refractivity contribution in [2.45, 2.75) is 68.2 Å². The average Bonchev–Trinajstić information content (AvgIpc) is 3.88. The number of allylic oxidation sites excluding steroid dienone is 1. The van der Waals surface area contributed by atoms with Crippen molar-refractivity contribution in [2.75, 3.05) is 63.1 Å². The Labute approximate surface area is 354 Å². The normalized spacial score (nSPS) is 27.6. The first kappa shape index (κ1) is 39.4. The average molecular weight is 855 g/mol. The number of anilines is 2. The summed E-state index contributed by atoms with van der Waals surface area (Å²) in [6.45, 7) is 10.8. The monoisotopic (exact) mass is 854 g/mol. The number of nitro benzene ring substituents is 1. The fraction of sp³-hybridized carbons (Fsp3) is 0.500. The number of aromatic nitrogens is 2. The summed E-state index contributed by atoms with van der Waals surface area (Å²) in [5.74, 6) is 1.03. The number of sulfonamides is 1. The molecule has 2 atom stereocenters. The molecule has 16 heteroatoms. The van der Waals surface area contributed by atoms with Crippen molar-refractivity contribution in [3.63, 3.8) is 0 Å². The third-order valence-electron chi connectivity index (χ3n) is 14.3. The van der Waals surface area contributed by atoms with E-state index in [1.54, 1.807) is 41.7 Å². The van der Waals surface area contributed by atoms with E-state index >= 15 is 0 Å². The van der Waals surface area contributed by atoms with E-state index < -0.39 is 25.7 Å². The van der Waals surface area contributed by atoms with Gasteiger partial charge in [0.25, 0.3) is 21.6 Å². The van der Waals surface area contributed by atoms with Crippen LogP contribution in [0.1, 0.15) is 62.7 Å². The first-order chi connectivity index (χ1) is 28.6. The van der Waals surface area contributed by atoms with Gasteiger partial charge in [-0.2, -0.15) is 0 Å². The molecule has 5 aliphatic carbocycles. The van der Waals surface area contributed by atoms with Gasteiger partial charge in [-0.3, -0.25) is 19.8 Å². The minimum atomic E-state index is -4.53. The smallest absolute Gasteiger partial charge is 0.293 e. The lowest BCUT2D eigenvalue weighted by Crippen LogP contribution is -2.49. The lowest BCUT2D eigenvalue weighted by molar-refractivity contribution is -0.384. The highest BCUT2D eigenvalue weighted by molar-refractivity contribution is 7.90. The molecular weight excluding hydrogens is 804 g/mol. The Kier molecular flexibility index (Phi) is 9.32. The zero-order valence-corrected chi connectivity index (χ0v) is 35.7. The number of nitro groups is 1. The van der Waals surface area contributed by atoms with Gasteiger partial charge >= 0.3 is 0 Å². The van der Waals surface area contributed by atoms with Crippen LogP contribution >= 0.6 is 11.6 Å². The van der Waals surface area contributed by atoms with E-state index in [0.717, 1.165) is 88.6 Å². The number of piperidine rings is 1. The van der Waals surface area contributed by atoms with Gasteiger partial charge in [0.15, 0.2) is 0 Å². The van der Waals surface area contributed by atoms with Crippen LogP contribution in [-0.2, 0) is 10.0 Å². The topological polar surface area (TPSA) is 166 Å². The van der Waals surface area contributed by atoms with E-state index in [1.165, 1.54) is 25.0 Å². The minimum Gasteiger partial charge on any atom is -0.455 e. The molecule has 2 bridgehead atoms. The van der Waals surface area contributed by atoms with Gasteiger partial charge in [0.05, 0.1) is 26.5 Å². The SMILES string of the molecule is CN1CCC(Nc2ccc(S(=O)(=O)NC(=O)c3ccc(N4CCN(CC5=C(C67CC8(Cl)C6C87)CC(C)(C)CC5)CC4)cc3Oc3cnc4[nH]ccc4c3)cc2[N+](=O)[O-])CC1. The molecule has 1 amide bonds. The molecule has 2 aromatic heterocycles. The Bertz CT molecular complexity index is 2550. The Hall–Kier alpha value is -4.70. The highest BCUT2D eigenvalue weighted by atomic mass is 35.5. The molecule has 6 fully saturated rings. The van der Waals surface area contributed by atoms with E-state index in [9.17, 15) is 23.3 Å². The highest BCUT2D eigenvalue weighted by Gasteiger charge is 3.02. The summed E-state index contributed by atoms with van der Waals surface area (Å²) in [6.07, 6.45) is 9.61. The van der Waals surface area contributed by atoms with Crippen LogP contribution in [0.4, 0.5) is 17.1 Å². The van der Waals surface area contributed by atoms with Crippen LogP contribution in [0.25, 0.3) is 11.0 Å². The molecular formula is C44H51ClN8O6S. The fourth-order valence-corrected chi connectivity index (χ4v) is 12.6. The standard InChI is InChI=1S/C44H51ClN8O6S/c1-42(2)12-8-28(34(23-42)43-26-44(45)38(43)39(43)44)25-51-16-18-52(19-17-51)30-4-6-33(37(21-30)59-31-20-27-9-13-46-40(27)47-24-31)41(54)49-60(57,58)32-5-7-35(36(22-32)53(55)56)48-29-10-14-50(3)15-11-29/h4-7,9,13,20-22,24,29,38-39,48H,8,10-12,14-19,23,25-26H2,1-3H3,(H,46,47)(H,49,54). The number of aromatic amines is 1. The van der Waals surface area contributed by atoms with Crippen LogP contribution in [0.3, 0.4) is 0 Å². The van der Waals surface area contributed by atoms with Crippen molar-refractivity contribution in [3.8, 4) is 11.5 Å². The van der Waals surface area contributed by atoms with Gasteiger partial charge in [-0.15, -0.1) is 11.6 Å².